The molecular weight excluding hydrogens is 212 g/mol. The van der Waals surface area contributed by atoms with E-state index >= 15 is 0 Å². The first-order valence-electron chi connectivity index (χ1n) is 7.16. The quantitative estimate of drug-likeness (QED) is 0.770. The van der Waals surface area contributed by atoms with Crippen LogP contribution in [0.5, 0.6) is 0 Å². The van der Waals surface area contributed by atoms with Gasteiger partial charge < -0.3 is 10.6 Å². The monoisotopic (exact) mass is 238 g/mol. The van der Waals surface area contributed by atoms with Crippen LogP contribution < -0.4 is 10.6 Å². The standard InChI is InChI=1S/C14H26N2O/c1-3-5-14(6-7-14)10-16-13(17)12-4-8-15-11(2)9-12/h11-12,15H,3-10H2,1-2H3,(H,16,17)/t11-,12-/m0/s1. The fraction of sp³-hybridized carbons (Fsp3) is 0.929. The van der Waals surface area contributed by atoms with E-state index in [0.29, 0.717) is 17.4 Å². The van der Waals surface area contributed by atoms with Gasteiger partial charge in [-0.05, 0) is 51.0 Å². The second kappa shape index (κ2) is 5.38. The van der Waals surface area contributed by atoms with Crippen LogP contribution in [0.1, 0.15) is 52.4 Å². The van der Waals surface area contributed by atoms with Gasteiger partial charge in [-0.1, -0.05) is 13.3 Å². The fourth-order valence-corrected chi connectivity index (χ4v) is 3.01. The maximum atomic E-state index is 12.1. The first-order chi connectivity index (χ1) is 8.15. The van der Waals surface area contributed by atoms with Gasteiger partial charge in [0.05, 0.1) is 0 Å². The molecule has 1 heterocycles. The Hall–Kier alpha value is -0.570. The number of carbonyl (C=O) groups excluding carboxylic acids is 1. The van der Waals surface area contributed by atoms with Gasteiger partial charge in [0.2, 0.25) is 5.91 Å². The van der Waals surface area contributed by atoms with Gasteiger partial charge in [0.25, 0.3) is 0 Å². The maximum Gasteiger partial charge on any atom is 0.223 e. The summed E-state index contributed by atoms with van der Waals surface area (Å²) in [6.45, 7) is 6.30. The van der Waals surface area contributed by atoms with Crippen molar-refractivity contribution >= 4 is 5.91 Å². The number of amides is 1. The van der Waals surface area contributed by atoms with Gasteiger partial charge in [0.1, 0.15) is 0 Å². The molecule has 0 aromatic rings. The molecule has 3 nitrogen and oxygen atoms in total. The molecule has 2 rings (SSSR count). The van der Waals surface area contributed by atoms with Crippen LogP contribution in [0.2, 0.25) is 0 Å². The molecule has 1 aliphatic carbocycles. The van der Waals surface area contributed by atoms with Crippen LogP contribution >= 0.6 is 0 Å². The molecule has 1 saturated heterocycles. The number of carbonyl (C=O) groups is 1. The molecule has 0 bridgehead atoms. The lowest BCUT2D eigenvalue weighted by Gasteiger charge is -2.27. The van der Waals surface area contributed by atoms with Crippen molar-refractivity contribution in [1.29, 1.82) is 0 Å². The molecule has 0 unspecified atom stereocenters. The third kappa shape index (κ3) is 3.44. The highest BCUT2D eigenvalue weighted by molar-refractivity contribution is 5.78. The zero-order valence-corrected chi connectivity index (χ0v) is 11.2. The highest BCUT2D eigenvalue weighted by atomic mass is 16.1. The molecule has 3 heteroatoms. The predicted molar refractivity (Wildman–Crippen MR) is 69.8 cm³/mol. The topological polar surface area (TPSA) is 41.1 Å². The van der Waals surface area contributed by atoms with Crippen molar-refractivity contribution in [3.8, 4) is 0 Å². The average molecular weight is 238 g/mol. The van der Waals surface area contributed by atoms with Crippen molar-refractivity contribution in [2.45, 2.75) is 58.4 Å². The van der Waals surface area contributed by atoms with Gasteiger partial charge in [-0.25, -0.2) is 0 Å². The van der Waals surface area contributed by atoms with Crippen molar-refractivity contribution in [1.82, 2.24) is 10.6 Å². The number of piperidine rings is 1. The van der Waals surface area contributed by atoms with E-state index in [2.05, 4.69) is 24.5 Å². The van der Waals surface area contributed by atoms with Gasteiger partial charge >= 0.3 is 0 Å². The molecule has 0 radical (unpaired) electrons. The molecule has 0 spiro atoms. The number of nitrogens with one attached hydrogen (secondary N) is 2. The summed E-state index contributed by atoms with van der Waals surface area (Å²) < 4.78 is 0. The fourth-order valence-electron chi connectivity index (χ4n) is 3.01. The Morgan fingerprint density at radius 1 is 1.47 bits per heavy atom. The molecule has 0 aromatic carbocycles. The smallest absolute Gasteiger partial charge is 0.223 e. The van der Waals surface area contributed by atoms with E-state index < -0.39 is 0 Å². The van der Waals surface area contributed by atoms with Gasteiger partial charge in [-0.3, -0.25) is 4.79 Å². The minimum atomic E-state index is 0.240. The van der Waals surface area contributed by atoms with Gasteiger partial charge in [-0.15, -0.1) is 0 Å². The summed E-state index contributed by atoms with van der Waals surface area (Å²) in [6, 6.07) is 0.491. The van der Waals surface area contributed by atoms with Crippen LogP contribution in [0.3, 0.4) is 0 Å². The number of rotatable bonds is 5. The molecule has 1 amide bonds. The highest BCUT2D eigenvalue weighted by Gasteiger charge is 2.41. The summed E-state index contributed by atoms with van der Waals surface area (Å²) in [4.78, 5) is 12.1. The molecular formula is C14H26N2O. The van der Waals surface area contributed by atoms with Crippen LogP contribution in [-0.2, 0) is 4.79 Å². The third-order valence-electron chi connectivity index (χ3n) is 4.37. The number of hydrogen-bond acceptors (Lipinski definition) is 2. The third-order valence-corrected chi connectivity index (χ3v) is 4.37. The van der Waals surface area contributed by atoms with Crippen molar-refractivity contribution in [2.75, 3.05) is 13.1 Å². The van der Waals surface area contributed by atoms with E-state index in [9.17, 15) is 4.79 Å². The summed E-state index contributed by atoms with van der Waals surface area (Å²) >= 11 is 0. The lowest BCUT2D eigenvalue weighted by Crippen LogP contribution is -2.43. The molecule has 2 fully saturated rings. The first kappa shape index (κ1) is 12.9. The van der Waals surface area contributed by atoms with Crippen molar-refractivity contribution in [3.05, 3.63) is 0 Å². The van der Waals surface area contributed by atoms with E-state index in [1.165, 1.54) is 25.7 Å². The summed E-state index contributed by atoms with van der Waals surface area (Å²) in [7, 11) is 0. The molecule has 98 valence electrons. The second-order valence-corrected chi connectivity index (χ2v) is 6.04. The Labute approximate surface area is 105 Å². The number of hydrogen-bond donors (Lipinski definition) is 2. The molecule has 2 aliphatic rings. The molecule has 1 aliphatic heterocycles. The van der Waals surface area contributed by atoms with Crippen LogP contribution in [0.15, 0.2) is 0 Å². The van der Waals surface area contributed by atoms with Crippen molar-refractivity contribution in [3.63, 3.8) is 0 Å². The average Bonchev–Trinajstić information content (AvgIpc) is 3.07. The van der Waals surface area contributed by atoms with E-state index in [1.807, 2.05) is 0 Å². The summed E-state index contributed by atoms with van der Waals surface area (Å²) in [5.41, 5.74) is 0.475. The lowest BCUT2D eigenvalue weighted by molar-refractivity contribution is -0.126. The van der Waals surface area contributed by atoms with Gasteiger partial charge in [0, 0.05) is 18.5 Å². The molecule has 17 heavy (non-hydrogen) atoms. The minimum Gasteiger partial charge on any atom is -0.355 e. The van der Waals surface area contributed by atoms with Crippen LogP contribution in [0.25, 0.3) is 0 Å². The first-order valence-corrected chi connectivity index (χ1v) is 7.16. The van der Waals surface area contributed by atoms with Crippen LogP contribution in [-0.4, -0.2) is 25.0 Å². The maximum absolute atomic E-state index is 12.1. The normalized spacial score (nSPS) is 30.9. The zero-order chi connectivity index (χ0) is 12.3. The van der Waals surface area contributed by atoms with Gasteiger partial charge in [0.15, 0.2) is 0 Å². The summed E-state index contributed by atoms with van der Waals surface area (Å²) in [6.07, 6.45) is 7.12. The SMILES string of the molecule is CCCC1(CNC(=O)[C@H]2CCN[C@@H](C)C2)CC1. The van der Waals surface area contributed by atoms with E-state index in [0.717, 1.165) is 25.9 Å². The van der Waals surface area contributed by atoms with Gasteiger partial charge in [-0.2, -0.15) is 0 Å². The van der Waals surface area contributed by atoms with E-state index in [4.69, 9.17) is 0 Å². The summed E-state index contributed by atoms with van der Waals surface area (Å²) in [5, 5.41) is 6.59. The van der Waals surface area contributed by atoms with E-state index in [-0.39, 0.29) is 5.92 Å². The Morgan fingerprint density at radius 2 is 2.24 bits per heavy atom. The Morgan fingerprint density at radius 3 is 2.82 bits per heavy atom. The van der Waals surface area contributed by atoms with Crippen LogP contribution in [0, 0.1) is 11.3 Å². The van der Waals surface area contributed by atoms with Crippen molar-refractivity contribution in [2.24, 2.45) is 11.3 Å². The van der Waals surface area contributed by atoms with E-state index in [1.54, 1.807) is 0 Å². The highest BCUT2D eigenvalue weighted by Crippen LogP contribution is 2.48. The predicted octanol–water partition coefficient (Wildman–Crippen LogP) is 2.07. The summed E-state index contributed by atoms with van der Waals surface area (Å²) in [5.74, 6) is 0.532. The molecule has 1 saturated carbocycles. The Balaban J connectivity index is 1.73. The zero-order valence-electron chi connectivity index (χ0n) is 11.2. The molecule has 2 atom stereocenters. The molecule has 2 N–H and O–H groups in total. The second-order valence-electron chi connectivity index (χ2n) is 6.04. The van der Waals surface area contributed by atoms with Crippen molar-refractivity contribution < 1.29 is 4.79 Å². The van der Waals surface area contributed by atoms with Crippen LogP contribution in [0.4, 0.5) is 0 Å². The molecule has 0 aromatic heterocycles. The minimum absolute atomic E-state index is 0.240. The largest absolute Gasteiger partial charge is 0.355 e. The Kier molecular flexibility index (Phi) is 4.08. The Bertz CT molecular complexity index is 273. The lowest BCUT2D eigenvalue weighted by atomic mass is 9.92.